The monoisotopic (exact) mass is 258 g/mol. The maximum atomic E-state index is 11.5. The van der Waals surface area contributed by atoms with E-state index in [9.17, 15) is 4.79 Å². The predicted octanol–water partition coefficient (Wildman–Crippen LogP) is 1.66. The maximum Gasteiger partial charge on any atom is 0.326 e. The highest BCUT2D eigenvalue weighted by Crippen LogP contribution is 2.23. The molecule has 0 aromatic carbocycles. The van der Waals surface area contributed by atoms with Crippen LogP contribution >= 0.6 is 11.8 Å². The fourth-order valence-corrected chi connectivity index (χ4v) is 2.00. The van der Waals surface area contributed by atoms with Crippen LogP contribution in [0.15, 0.2) is 9.64 Å². The van der Waals surface area contributed by atoms with Gasteiger partial charge >= 0.3 is 5.97 Å². The zero-order valence-corrected chi connectivity index (χ0v) is 11.4. The molecule has 0 spiro atoms. The molecule has 1 aromatic heterocycles. The lowest BCUT2D eigenvalue weighted by Crippen LogP contribution is -2.48. The molecule has 0 saturated carbocycles. The van der Waals surface area contributed by atoms with Gasteiger partial charge in [0.05, 0.1) is 12.3 Å². The molecular formula is C11H18N2O3S. The van der Waals surface area contributed by atoms with Crippen molar-refractivity contribution in [3.05, 3.63) is 11.5 Å². The van der Waals surface area contributed by atoms with Crippen LogP contribution in [0.3, 0.4) is 0 Å². The molecule has 1 heterocycles. The van der Waals surface area contributed by atoms with E-state index < -0.39 is 11.5 Å². The average molecular weight is 258 g/mol. The lowest BCUT2D eigenvalue weighted by atomic mass is 10.1. The molecule has 17 heavy (non-hydrogen) atoms. The molecule has 0 fully saturated rings. The first-order valence-corrected chi connectivity index (χ1v) is 6.38. The number of esters is 1. The summed E-state index contributed by atoms with van der Waals surface area (Å²) in [6.07, 6.45) is 0. The van der Waals surface area contributed by atoms with Gasteiger partial charge in [0.25, 0.3) is 5.22 Å². The fraction of sp³-hybridized carbons (Fsp3) is 0.636. The number of hydrogen-bond acceptors (Lipinski definition) is 6. The van der Waals surface area contributed by atoms with E-state index in [2.05, 4.69) is 4.98 Å². The van der Waals surface area contributed by atoms with Crippen molar-refractivity contribution in [2.45, 2.75) is 38.5 Å². The zero-order chi connectivity index (χ0) is 13.1. The van der Waals surface area contributed by atoms with Crippen molar-refractivity contribution in [3.8, 4) is 0 Å². The molecule has 1 unspecified atom stereocenters. The Morgan fingerprint density at radius 2 is 2.24 bits per heavy atom. The van der Waals surface area contributed by atoms with E-state index in [1.54, 1.807) is 13.8 Å². The molecule has 0 aliphatic rings. The minimum atomic E-state index is -1.03. The molecule has 1 aromatic rings. The average Bonchev–Trinajstić information content (AvgIpc) is 2.56. The normalized spacial score (nSPS) is 14.4. The largest absolute Gasteiger partial charge is 0.465 e. The summed E-state index contributed by atoms with van der Waals surface area (Å²) in [6, 6.07) is 0. The van der Waals surface area contributed by atoms with Crippen LogP contribution in [0.2, 0.25) is 0 Å². The summed E-state index contributed by atoms with van der Waals surface area (Å²) in [5, 5.41) is 0.529. The molecule has 5 nitrogen and oxygen atoms in total. The highest BCUT2D eigenvalue weighted by molar-refractivity contribution is 7.99. The number of hydrogen-bond donors (Lipinski definition) is 1. The van der Waals surface area contributed by atoms with Crippen LogP contribution in [0.1, 0.15) is 25.3 Å². The molecule has 6 heteroatoms. The SMILES string of the molecule is CCOC(=O)C(C)(N)CSc1nc(C)c(C)o1. The Morgan fingerprint density at radius 1 is 1.59 bits per heavy atom. The van der Waals surface area contributed by atoms with Gasteiger partial charge in [0.1, 0.15) is 11.3 Å². The van der Waals surface area contributed by atoms with Crippen molar-refractivity contribution in [1.82, 2.24) is 4.98 Å². The van der Waals surface area contributed by atoms with Crippen LogP contribution in [0.4, 0.5) is 0 Å². The first kappa shape index (κ1) is 14.1. The number of carbonyl (C=O) groups is 1. The summed E-state index contributed by atoms with van der Waals surface area (Å²) in [5.41, 5.74) is 5.69. The van der Waals surface area contributed by atoms with Crippen molar-refractivity contribution in [1.29, 1.82) is 0 Å². The van der Waals surface area contributed by atoms with Crippen LogP contribution in [0.5, 0.6) is 0 Å². The summed E-state index contributed by atoms with van der Waals surface area (Å²) in [5.74, 6) is 0.737. The van der Waals surface area contributed by atoms with Gasteiger partial charge in [0, 0.05) is 5.75 Å². The summed E-state index contributed by atoms with van der Waals surface area (Å²) in [6.45, 7) is 7.44. The number of oxazole rings is 1. The Labute approximate surface area is 105 Å². The number of aromatic nitrogens is 1. The van der Waals surface area contributed by atoms with Crippen LogP contribution in [-0.2, 0) is 9.53 Å². The number of rotatable bonds is 5. The van der Waals surface area contributed by atoms with Crippen LogP contribution in [0.25, 0.3) is 0 Å². The Hall–Kier alpha value is -1.01. The smallest absolute Gasteiger partial charge is 0.326 e. The lowest BCUT2D eigenvalue weighted by Gasteiger charge is -2.20. The number of nitrogens with zero attached hydrogens (tertiary/aromatic N) is 1. The van der Waals surface area contributed by atoms with Crippen molar-refractivity contribution in [2.75, 3.05) is 12.4 Å². The minimum absolute atomic E-state index is 0.327. The van der Waals surface area contributed by atoms with Crippen molar-refractivity contribution in [3.63, 3.8) is 0 Å². The quantitative estimate of drug-likeness (QED) is 0.639. The molecule has 96 valence electrons. The van der Waals surface area contributed by atoms with Crippen LogP contribution < -0.4 is 5.73 Å². The first-order valence-electron chi connectivity index (χ1n) is 5.39. The van der Waals surface area contributed by atoms with Gasteiger partial charge in [-0.25, -0.2) is 4.98 Å². The molecule has 0 amide bonds. The standard InChI is InChI=1S/C11H18N2O3S/c1-5-15-9(14)11(4,12)6-17-10-13-7(2)8(3)16-10/h5-6,12H2,1-4H3. The van der Waals surface area contributed by atoms with Gasteiger partial charge in [-0.05, 0) is 27.7 Å². The van der Waals surface area contributed by atoms with Gasteiger partial charge in [-0.2, -0.15) is 0 Å². The van der Waals surface area contributed by atoms with E-state index in [0.717, 1.165) is 11.5 Å². The first-order chi connectivity index (χ1) is 7.86. The lowest BCUT2D eigenvalue weighted by molar-refractivity contribution is -0.148. The van der Waals surface area contributed by atoms with Crippen LogP contribution in [-0.4, -0.2) is 28.9 Å². The molecule has 0 aliphatic carbocycles. The highest BCUT2D eigenvalue weighted by atomic mass is 32.2. The second-order valence-corrected chi connectivity index (χ2v) is 4.97. The zero-order valence-electron chi connectivity index (χ0n) is 10.6. The maximum absolute atomic E-state index is 11.5. The van der Waals surface area contributed by atoms with E-state index in [0.29, 0.717) is 17.6 Å². The minimum Gasteiger partial charge on any atom is -0.465 e. The number of aryl methyl sites for hydroxylation is 2. The molecule has 0 bridgehead atoms. The summed E-state index contributed by atoms with van der Waals surface area (Å²) in [7, 11) is 0. The third kappa shape index (κ3) is 3.74. The Morgan fingerprint density at radius 3 is 2.71 bits per heavy atom. The summed E-state index contributed by atoms with van der Waals surface area (Å²) >= 11 is 1.31. The Balaban J connectivity index is 2.57. The van der Waals surface area contributed by atoms with Crippen LogP contribution in [0, 0.1) is 13.8 Å². The topological polar surface area (TPSA) is 78.4 Å². The fourth-order valence-electron chi connectivity index (χ4n) is 1.07. The third-order valence-electron chi connectivity index (χ3n) is 2.25. The molecule has 2 N–H and O–H groups in total. The molecule has 0 radical (unpaired) electrons. The van der Waals surface area contributed by atoms with Crippen molar-refractivity contribution < 1.29 is 13.9 Å². The molecular weight excluding hydrogens is 240 g/mol. The van der Waals surface area contributed by atoms with Gasteiger partial charge in [0.2, 0.25) is 0 Å². The van der Waals surface area contributed by atoms with E-state index in [4.69, 9.17) is 14.9 Å². The van der Waals surface area contributed by atoms with E-state index in [-0.39, 0.29) is 0 Å². The Bertz CT molecular complexity index is 382. The highest BCUT2D eigenvalue weighted by Gasteiger charge is 2.30. The van der Waals surface area contributed by atoms with Gasteiger partial charge in [0.15, 0.2) is 0 Å². The van der Waals surface area contributed by atoms with E-state index in [1.165, 1.54) is 11.8 Å². The van der Waals surface area contributed by atoms with E-state index in [1.807, 2.05) is 13.8 Å². The molecule has 1 rings (SSSR count). The Kier molecular flexibility index (Phi) is 4.59. The third-order valence-corrected chi connectivity index (χ3v) is 3.41. The second-order valence-electron chi connectivity index (χ2n) is 4.05. The van der Waals surface area contributed by atoms with Crippen molar-refractivity contribution >= 4 is 17.7 Å². The predicted molar refractivity (Wildman–Crippen MR) is 65.9 cm³/mol. The number of ether oxygens (including phenoxy) is 1. The summed E-state index contributed by atoms with van der Waals surface area (Å²) in [4.78, 5) is 15.8. The number of nitrogens with two attached hydrogens (primary N) is 1. The van der Waals surface area contributed by atoms with Gasteiger partial charge < -0.3 is 14.9 Å². The van der Waals surface area contributed by atoms with Gasteiger partial charge in [-0.3, -0.25) is 4.79 Å². The molecule has 0 aliphatic heterocycles. The van der Waals surface area contributed by atoms with Gasteiger partial charge in [-0.1, -0.05) is 11.8 Å². The van der Waals surface area contributed by atoms with Crippen molar-refractivity contribution in [2.24, 2.45) is 5.73 Å². The number of thioether (sulfide) groups is 1. The molecule has 1 atom stereocenters. The van der Waals surface area contributed by atoms with E-state index >= 15 is 0 Å². The number of carbonyl (C=O) groups excluding carboxylic acids is 1. The molecule has 0 saturated heterocycles. The summed E-state index contributed by atoms with van der Waals surface area (Å²) < 4.78 is 10.3. The second kappa shape index (κ2) is 5.55. The van der Waals surface area contributed by atoms with Gasteiger partial charge in [-0.15, -0.1) is 0 Å².